The lowest BCUT2D eigenvalue weighted by molar-refractivity contribution is -0.119. The molecule has 3 aromatic carbocycles. The first-order chi connectivity index (χ1) is 15.7. The summed E-state index contributed by atoms with van der Waals surface area (Å²) in [6.45, 7) is 5.71. The first kappa shape index (κ1) is 24.3. The van der Waals surface area contributed by atoms with Crippen molar-refractivity contribution >= 4 is 21.6 Å². The van der Waals surface area contributed by atoms with E-state index in [1.165, 1.54) is 0 Å². The van der Waals surface area contributed by atoms with Crippen LogP contribution in [0, 0.1) is 0 Å². The van der Waals surface area contributed by atoms with Crippen LogP contribution >= 0.6 is 0 Å². The Bertz CT molecular complexity index is 1090. The van der Waals surface area contributed by atoms with Crippen LogP contribution in [-0.2, 0) is 14.8 Å². The maximum atomic E-state index is 12.7. The molecule has 0 aliphatic carbocycles. The average Bonchev–Trinajstić information content (AvgIpc) is 2.75. The van der Waals surface area contributed by atoms with Crippen molar-refractivity contribution in [2.75, 3.05) is 10.5 Å². The summed E-state index contributed by atoms with van der Waals surface area (Å²) in [7, 11) is -3.87. The largest absolute Gasteiger partial charge is 0.491 e. The van der Waals surface area contributed by atoms with Gasteiger partial charge in [-0.2, -0.15) is 0 Å². The fraction of sp³-hybridized carbons (Fsp3) is 0.269. The number of sulfonamides is 1. The highest BCUT2D eigenvalue weighted by Crippen LogP contribution is 2.28. The van der Waals surface area contributed by atoms with Gasteiger partial charge in [-0.05, 0) is 56.2 Å². The van der Waals surface area contributed by atoms with Gasteiger partial charge in [-0.3, -0.25) is 9.52 Å². The fourth-order valence-corrected chi connectivity index (χ4v) is 4.73. The normalized spacial score (nSPS) is 12.4. The van der Waals surface area contributed by atoms with Gasteiger partial charge in [0.2, 0.25) is 15.9 Å². The Kier molecular flexibility index (Phi) is 8.11. The van der Waals surface area contributed by atoms with Gasteiger partial charge < -0.3 is 10.1 Å². The zero-order valence-electron chi connectivity index (χ0n) is 19.1. The number of amides is 1. The molecule has 2 N–H and O–H groups in total. The molecule has 3 rings (SSSR count). The monoisotopic (exact) mass is 466 g/mol. The second kappa shape index (κ2) is 11.0. The second-order valence-electron chi connectivity index (χ2n) is 8.21. The first-order valence-corrected chi connectivity index (χ1v) is 12.6. The van der Waals surface area contributed by atoms with Crippen molar-refractivity contribution in [3.8, 4) is 5.75 Å². The van der Waals surface area contributed by atoms with Crippen molar-refractivity contribution in [1.82, 2.24) is 5.32 Å². The molecule has 0 aliphatic rings. The highest BCUT2D eigenvalue weighted by molar-refractivity contribution is 7.93. The molecule has 0 saturated carbocycles. The molecule has 174 valence electrons. The van der Waals surface area contributed by atoms with E-state index in [0.29, 0.717) is 11.4 Å². The minimum atomic E-state index is -3.87. The van der Waals surface area contributed by atoms with E-state index in [9.17, 15) is 13.2 Å². The third-order valence-electron chi connectivity index (χ3n) is 5.03. The van der Waals surface area contributed by atoms with E-state index in [2.05, 4.69) is 10.0 Å². The molecule has 0 fully saturated rings. The summed E-state index contributed by atoms with van der Waals surface area (Å²) in [5.74, 6) is -0.697. The molecule has 33 heavy (non-hydrogen) atoms. The molecular weight excluding hydrogens is 436 g/mol. The summed E-state index contributed by atoms with van der Waals surface area (Å²) in [4.78, 5) is 12.7. The number of anilines is 1. The van der Waals surface area contributed by atoms with Crippen molar-refractivity contribution < 1.29 is 17.9 Å². The highest BCUT2D eigenvalue weighted by Gasteiger charge is 2.25. The predicted molar refractivity (Wildman–Crippen MR) is 132 cm³/mol. The molecule has 0 spiro atoms. The van der Waals surface area contributed by atoms with Crippen molar-refractivity contribution in [3.63, 3.8) is 0 Å². The molecule has 1 amide bonds. The SMILES string of the molecule is CC(C)Oc1ccc(NS(=O)(=O)CC(=O)NC(C)C(c2ccccc2)c2ccccc2)cc1. The molecule has 0 radical (unpaired) electrons. The molecule has 7 heteroatoms. The second-order valence-corrected chi connectivity index (χ2v) is 9.93. The molecular formula is C26H30N2O4S. The summed E-state index contributed by atoms with van der Waals surface area (Å²) >= 11 is 0. The highest BCUT2D eigenvalue weighted by atomic mass is 32.2. The number of carbonyl (C=O) groups is 1. The van der Waals surface area contributed by atoms with Crippen LogP contribution in [-0.4, -0.2) is 32.2 Å². The van der Waals surface area contributed by atoms with E-state index in [-0.39, 0.29) is 18.1 Å². The Morgan fingerprint density at radius 1 is 0.818 bits per heavy atom. The number of benzene rings is 3. The van der Waals surface area contributed by atoms with Crippen LogP contribution in [0.2, 0.25) is 0 Å². The lowest BCUT2D eigenvalue weighted by atomic mass is 9.86. The maximum absolute atomic E-state index is 12.7. The van der Waals surface area contributed by atoms with Crippen LogP contribution in [0.1, 0.15) is 37.8 Å². The molecule has 0 saturated heterocycles. The van der Waals surface area contributed by atoms with Gasteiger partial charge in [0.1, 0.15) is 11.5 Å². The lowest BCUT2D eigenvalue weighted by Crippen LogP contribution is -2.41. The topological polar surface area (TPSA) is 84.5 Å². The maximum Gasteiger partial charge on any atom is 0.241 e. The van der Waals surface area contributed by atoms with E-state index < -0.39 is 21.7 Å². The van der Waals surface area contributed by atoms with Gasteiger partial charge in [-0.1, -0.05) is 60.7 Å². The minimum Gasteiger partial charge on any atom is -0.491 e. The van der Waals surface area contributed by atoms with E-state index in [0.717, 1.165) is 11.1 Å². The molecule has 1 atom stereocenters. The molecule has 1 unspecified atom stereocenters. The molecule has 0 aromatic heterocycles. The lowest BCUT2D eigenvalue weighted by Gasteiger charge is -2.26. The van der Waals surface area contributed by atoms with Gasteiger partial charge in [-0.25, -0.2) is 8.42 Å². The summed E-state index contributed by atoms with van der Waals surface area (Å²) < 4.78 is 33.1. The quantitative estimate of drug-likeness (QED) is 0.459. The Morgan fingerprint density at radius 2 is 1.33 bits per heavy atom. The van der Waals surface area contributed by atoms with Gasteiger partial charge in [0.05, 0.1) is 6.10 Å². The zero-order valence-corrected chi connectivity index (χ0v) is 19.9. The van der Waals surface area contributed by atoms with Crippen LogP contribution in [0.5, 0.6) is 5.75 Å². The van der Waals surface area contributed by atoms with Gasteiger partial charge in [-0.15, -0.1) is 0 Å². The standard InChI is InChI=1S/C26H30N2O4S/c1-19(2)32-24-16-14-23(15-17-24)28-33(30,31)18-25(29)27-20(3)26(21-10-6-4-7-11-21)22-12-8-5-9-13-22/h4-17,19-20,26,28H,18H2,1-3H3,(H,27,29). The summed E-state index contributed by atoms with van der Waals surface area (Å²) in [6, 6.07) is 26.0. The zero-order chi connectivity index (χ0) is 23.8. The molecule has 0 bridgehead atoms. The average molecular weight is 467 g/mol. The Hall–Kier alpha value is -3.32. The van der Waals surface area contributed by atoms with Gasteiger partial charge in [0.15, 0.2) is 0 Å². The van der Waals surface area contributed by atoms with Crippen LogP contribution in [0.25, 0.3) is 0 Å². The number of rotatable bonds is 10. The van der Waals surface area contributed by atoms with Crippen LogP contribution < -0.4 is 14.8 Å². The van der Waals surface area contributed by atoms with Crippen LogP contribution in [0.4, 0.5) is 5.69 Å². The van der Waals surface area contributed by atoms with Gasteiger partial charge >= 0.3 is 0 Å². The predicted octanol–water partition coefficient (Wildman–Crippen LogP) is 4.55. The van der Waals surface area contributed by atoms with Crippen molar-refractivity contribution in [2.45, 2.75) is 38.8 Å². The molecule has 3 aromatic rings. The summed E-state index contributed by atoms with van der Waals surface area (Å²) in [6.07, 6.45) is 0.0221. The Morgan fingerprint density at radius 3 is 1.82 bits per heavy atom. The van der Waals surface area contributed by atoms with Gasteiger partial charge in [0, 0.05) is 17.6 Å². The molecule has 0 heterocycles. The third kappa shape index (κ3) is 7.36. The fourth-order valence-electron chi connectivity index (χ4n) is 3.73. The first-order valence-electron chi connectivity index (χ1n) is 10.9. The molecule has 6 nitrogen and oxygen atoms in total. The van der Waals surface area contributed by atoms with E-state index in [1.807, 2.05) is 81.4 Å². The van der Waals surface area contributed by atoms with E-state index >= 15 is 0 Å². The van der Waals surface area contributed by atoms with Crippen molar-refractivity contribution in [2.24, 2.45) is 0 Å². The van der Waals surface area contributed by atoms with Crippen LogP contribution in [0.15, 0.2) is 84.9 Å². The third-order valence-corrected chi connectivity index (χ3v) is 6.22. The summed E-state index contributed by atoms with van der Waals surface area (Å²) in [5.41, 5.74) is 2.46. The van der Waals surface area contributed by atoms with Crippen molar-refractivity contribution in [1.29, 1.82) is 0 Å². The molecule has 0 aliphatic heterocycles. The number of hydrogen-bond acceptors (Lipinski definition) is 4. The van der Waals surface area contributed by atoms with Crippen LogP contribution in [0.3, 0.4) is 0 Å². The number of nitrogens with one attached hydrogen (secondary N) is 2. The van der Waals surface area contributed by atoms with Crippen molar-refractivity contribution in [3.05, 3.63) is 96.1 Å². The number of ether oxygens (including phenoxy) is 1. The number of hydrogen-bond donors (Lipinski definition) is 2. The van der Waals surface area contributed by atoms with E-state index in [4.69, 9.17) is 4.74 Å². The smallest absolute Gasteiger partial charge is 0.241 e. The Balaban J connectivity index is 1.66. The minimum absolute atomic E-state index is 0.0221. The Labute approximate surface area is 196 Å². The summed E-state index contributed by atoms with van der Waals surface area (Å²) in [5, 5.41) is 2.87. The van der Waals surface area contributed by atoms with E-state index in [1.54, 1.807) is 24.3 Å². The number of carbonyl (C=O) groups excluding carboxylic acids is 1. The van der Waals surface area contributed by atoms with Gasteiger partial charge in [0.25, 0.3) is 0 Å².